The summed E-state index contributed by atoms with van der Waals surface area (Å²) in [7, 11) is 0. The Morgan fingerprint density at radius 2 is 1.26 bits per heavy atom. The number of urea groups is 2. The quantitative estimate of drug-likeness (QED) is 0.0361. The van der Waals surface area contributed by atoms with Crippen LogP contribution in [0.3, 0.4) is 0 Å². The zero-order valence-corrected chi connectivity index (χ0v) is 43.4. The number of aliphatic imine (C=N–C) groups is 1. The molecule has 0 fully saturated rings. The molecule has 3 aromatic carbocycles. The van der Waals surface area contributed by atoms with Crippen LogP contribution in [0, 0.1) is 34.5 Å². The molecule has 3 aromatic rings. The van der Waals surface area contributed by atoms with E-state index in [-0.39, 0.29) is 72.1 Å². The van der Waals surface area contributed by atoms with Gasteiger partial charge in [0.15, 0.2) is 5.96 Å². The summed E-state index contributed by atoms with van der Waals surface area (Å²) in [5.41, 5.74) is 5.76. The number of nitriles is 2. The van der Waals surface area contributed by atoms with Gasteiger partial charge >= 0.3 is 36.4 Å². The summed E-state index contributed by atoms with van der Waals surface area (Å²) in [6, 6.07) is 16.0. The van der Waals surface area contributed by atoms with Crippen LogP contribution in [-0.4, -0.2) is 85.2 Å². The number of esters is 2. The molecule has 0 bridgehead atoms. The van der Waals surface area contributed by atoms with Crippen molar-refractivity contribution in [2.24, 2.45) is 22.6 Å². The first kappa shape index (κ1) is 58.2. The minimum absolute atomic E-state index is 0.00582. The molecule has 2 aliphatic heterocycles. The highest BCUT2D eigenvalue weighted by Gasteiger charge is 2.47. The fourth-order valence-corrected chi connectivity index (χ4v) is 9.81. The molecule has 0 saturated heterocycles. The van der Waals surface area contributed by atoms with Gasteiger partial charge in [0, 0.05) is 49.1 Å². The molecule has 15 nitrogen and oxygen atoms in total. The minimum Gasteiger partial charge on any atom is -0.463 e. The number of allylic oxidation sites excluding steroid dienone is 5. The number of carbonyl (C=O) groups is 4. The highest BCUT2D eigenvalue weighted by atomic mass is 19.4. The zero-order chi connectivity index (χ0) is 56.2. The van der Waals surface area contributed by atoms with Crippen molar-refractivity contribution in [3.63, 3.8) is 0 Å². The van der Waals surface area contributed by atoms with E-state index in [2.05, 4.69) is 16.4 Å². The number of amides is 4. The third-order valence-corrected chi connectivity index (χ3v) is 13.5. The number of unbranched alkanes of at least 4 members (excludes halogenated alkanes) is 4. The van der Waals surface area contributed by atoms with E-state index in [1.807, 2.05) is 13.0 Å². The predicted octanol–water partition coefficient (Wildman–Crippen LogP) is 11.1. The highest BCUT2D eigenvalue weighted by Crippen LogP contribution is 2.43. The van der Waals surface area contributed by atoms with Crippen molar-refractivity contribution in [1.82, 2.24) is 15.1 Å². The van der Waals surface area contributed by atoms with Crippen molar-refractivity contribution in [3.05, 3.63) is 141 Å². The number of hydrogen-bond donors (Lipinski definition) is 2. The number of anilines is 2. The largest absolute Gasteiger partial charge is 0.463 e. The van der Waals surface area contributed by atoms with E-state index >= 15 is 0 Å². The second-order valence-corrected chi connectivity index (χ2v) is 18.6. The van der Waals surface area contributed by atoms with Gasteiger partial charge in [-0.3, -0.25) is 14.8 Å². The number of nitrogens with zero attached hydrogens (tertiary/aromatic N) is 7. The van der Waals surface area contributed by atoms with E-state index in [0.717, 1.165) is 34.1 Å². The van der Waals surface area contributed by atoms with Gasteiger partial charge in [-0.2, -0.15) is 36.9 Å². The molecule has 0 radical (unpaired) electrons. The summed E-state index contributed by atoms with van der Waals surface area (Å²) in [5.74, 6) is -2.11. The molecule has 0 spiro atoms. The summed E-state index contributed by atoms with van der Waals surface area (Å²) in [6.45, 7) is 8.98. The standard InChI is InChI=1S/C56H61F6N9O6/c1-6-76-50(72)46-36(4)70(43-18-14-16-41(31-43)55(57,58)59)53(74)68(48(46)40-23-20-38(33-63)21-24-40)28-12-8-10-26-66-52(65)67-27-11-9-13-29-69-49(45-25-22-39(34-64)30-35(45)3)47(51(73)77-7-2)37(5)71(54(69)75)44-19-15-17-42(32-44)56(60,61)62/h14-25,30-32,35,45,48-49H,6-13,26-29H2,1-5H3,(H3,65,66,67)/t35?,45?,48-,49-/m1/s1. The van der Waals surface area contributed by atoms with Crippen LogP contribution in [0.25, 0.3) is 0 Å². The van der Waals surface area contributed by atoms with Crippen LogP contribution in [0.5, 0.6) is 0 Å². The Bertz CT molecular complexity index is 2920. The second kappa shape index (κ2) is 25.6. The first-order valence-electron chi connectivity index (χ1n) is 25.3. The molecule has 2 unspecified atom stereocenters. The van der Waals surface area contributed by atoms with Gasteiger partial charge in [-0.15, -0.1) is 0 Å². The third kappa shape index (κ3) is 13.7. The summed E-state index contributed by atoms with van der Waals surface area (Å²) in [6.07, 6.45) is -1.25. The normalized spacial score (nSPS) is 19.3. The van der Waals surface area contributed by atoms with Crippen LogP contribution < -0.4 is 20.9 Å². The maximum absolute atomic E-state index is 14.6. The molecule has 4 amide bonds. The monoisotopic (exact) mass is 1070 g/mol. The van der Waals surface area contributed by atoms with Crippen molar-refractivity contribution < 1.29 is 55.0 Å². The number of benzene rings is 3. The van der Waals surface area contributed by atoms with Crippen molar-refractivity contribution in [3.8, 4) is 12.1 Å². The molecule has 0 aromatic heterocycles. The Balaban J connectivity index is 1.10. The topological polar surface area (TPSA) is 198 Å². The van der Waals surface area contributed by atoms with Crippen molar-refractivity contribution in [1.29, 1.82) is 10.5 Å². The van der Waals surface area contributed by atoms with Gasteiger partial charge in [0.2, 0.25) is 0 Å². The smallest absolute Gasteiger partial charge is 0.416 e. The first-order chi connectivity index (χ1) is 36.7. The van der Waals surface area contributed by atoms with E-state index < -0.39 is 65.5 Å². The lowest BCUT2D eigenvalue weighted by Crippen LogP contribution is -2.58. The molecule has 2 heterocycles. The maximum Gasteiger partial charge on any atom is 0.416 e. The third-order valence-electron chi connectivity index (χ3n) is 13.5. The van der Waals surface area contributed by atoms with Crippen LogP contribution in [0.2, 0.25) is 0 Å². The van der Waals surface area contributed by atoms with Crippen LogP contribution in [-0.2, 0) is 31.4 Å². The Morgan fingerprint density at radius 3 is 1.79 bits per heavy atom. The number of rotatable bonds is 20. The number of guanidine groups is 1. The van der Waals surface area contributed by atoms with E-state index in [0.29, 0.717) is 68.3 Å². The lowest BCUT2D eigenvalue weighted by Gasteiger charge is -2.46. The predicted molar refractivity (Wildman–Crippen MR) is 276 cm³/mol. The molecular formula is C56H61F6N9O6. The zero-order valence-electron chi connectivity index (χ0n) is 43.4. The number of halogens is 6. The number of carbonyl (C=O) groups excluding carboxylic acids is 4. The second-order valence-electron chi connectivity index (χ2n) is 18.6. The average molecular weight is 1070 g/mol. The number of alkyl halides is 6. The molecule has 3 N–H and O–H groups in total. The molecule has 6 rings (SSSR count). The van der Waals surface area contributed by atoms with E-state index in [9.17, 15) is 56.0 Å². The molecule has 3 aliphatic rings. The fraction of sp³-hybridized carbons (Fsp3) is 0.411. The Morgan fingerprint density at radius 1 is 0.727 bits per heavy atom. The number of ether oxygens (including phenoxy) is 2. The Hall–Kier alpha value is -8.07. The first-order valence-corrected chi connectivity index (χ1v) is 25.3. The SMILES string of the molecule is CCOC(=O)C1=C(C)N(c2cccc(C(F)(F)F)c2)C(=O)N(CCCCCN=C(N)NCCCCCN2C(=O)N(c3cccc(C(F)(F)F)c3)C(C)=C(C(=O)OCC)[C@H]2C2C=CC(C#N)=CC2C)[C@@H]1c1ccc(C#N)cc1. The summed E-state index contributed by atoms with van der Waals surface area (Å²) < 4.78 is 94.3. The lowest BCUT2D eigenvalue weighted by atomic mass is 9.77. The van der Waals surface area contributed by atoms with Crippen molar-refractivity contribution in [2.75, 3.05) is 49.2 Å². The van der Waals surface area contributed by atoms with E-state index in [1.165, 1.54) is 47.9 Å². The van der Waals surface area contributed by atoms with Crippen LogP contribution >= 0.6 is 0 Å². The van der Waals surface area contributed by atoms with Gasteiger partial charge in [-0.1, -0.05) is 43.3 Å². The molecule has 21 heteroatoms. The van der Waals surface area contributed by atoms with Crippen molar-refractivity contribution in [2.45, 2.75) is 97.6 Å². The molecule has 0 saturated carbocycles. The van der Waals surface area contributed by atoms with Gasteiger partial charge in [0.1, 0.15) is 0 Å². The average Bonchev–Trinajstić information content (AvgIpc) is 3.40. The van der Waals surface area contributed by atoms with Crippen LogP contribution in [0.1, 0.15) is 101 Å². The maximum atomic E-state index is 14.6. The van der Waals surface area contributed by atoms with Crippen LogP contribution in [0.4, 0.5) is 47.3 Å². The van der Waals surface area contributed by atoms with Crippen LogP contribution in [0.15, 0.2) is 124 Å². The number of nitrogens with one attached hydrogen (secondary N) is 1. The van der Waals surface area contributed by atoms with Gasteiger partial charge in [0.05, 0.1) is 76.6 Å². The Kier molecular flexibility index (Phi) is 19.4. The molecule has 4 atom stereocenters. The fourth-order valence-electron chi connectivity index (χ4n) is 9.81. The minimum atomic E-state index is -4.70. The summed E-state index contributed by atoms with van der Waals surface area (Å²) >= 11 is 0. The summed E-state index contributed by atoms with van der Waals surface area (Å²) in [5, 5.41) is 22.1. The number of nitrogens with two attached hydrogens (primary N) is 1. The summed E-state index contributed by atoms with van der Waals surface area (Å²) in [4.78, 5) is 66.2. The van der Waals surface area contributed by atoms with E-state index in [1.54, 1.807) is 56.3 Å². The highest BCUT2D eigenvalue weighted by molar-refractivity contribution is 6.04. The number of hydrogen-bond acceptors (Lipinski definition) is 9. The van der Waals surface area contributed by atoms with E-state index in [4.69, 9.17) is 15.2 Å². The Labute approximate surface area is 443 Å². The van der Waals surface area contributed by atoms with Crippen molar-refractivity contribution >= 4 is 41.3 Å². The molecular weight excluding hydrogens is 1010 g/mol. The van der Waals surface area contributed by atoms with Gasteiger partial charge < -0.3 is 30.3 Å². The van der Waals surface area contributed by atoms with Gasteiger partial charge in [-0.05, 0) is 132 Å². The molecule has 1 aliphatic carbocycles. The molecule has 77 heavy (non-hydrogen) atoms. The van der Waals surface area contributed by atoms with Gasteiger partial charge in [0.25, 0.3) is 0 Å². The molecule has 408 valence electrons. The lowest BCUT2D eigenvalue weighted by molar-refractivity contribution is -0.140. The van der Waals surface area contributed by atoms with Gasteiger partial charge in [-0.25, -0.2) is 19.2 Å².